The first-order valence-electron chi connectivity index (χ1n) is 6.80. The molecular formula is C15H21N3O2S. The summed E-state index contributed by atoms with van der Waals surface area (Å²) in [5, 5.41) is 12.9. The van der Waals surface area contributed by atoms with Crippen molar-refractivity contribution < 1.29 is 9.90 Å². The Morgan fingerprint density at radius 2 is 2.14 bits per heavy atom. The van der Waals surface area contributed by atoms with Crippen LogP contribution in [0.25, 0.3) is 10.2 Å². The van der Waals surface area contributed by atoms with Gasteiger partial charge in [0, 0.05) is 29.6 Å². The summed E-state index contributed by atoms with van der Waals surface area (Å²) in [7, 11) is 0. The first kappa shape index (κ1) is 15.7. The standard InChI is InChI=1S/C15H21N3O2S/c1-8-5-9(2)18-14-10(8)11(16)12(21-14)13(20)17-6-15(3,4)7-19/h5,19H,6-7,16H2,1-4H3,(H,17,20). The number of fused-ring (bicyclic) bond motifs is 1. The fourth-order valence-corrected chi connectivity index (χ4v) is 3.23. The summed E-state index contributed by atoms with van der Waals surface area (Å²) in [6.45, 7) is 8.06. The van der Waals surface area contributed by atoms with Gasteiger partial charge in [-0.25, -0.2) is 4.98 Å². The van der Waals surface area contributed by atoms with Gasteiger partial charge in [0.25, 0.3) is 5.91 Å². The smallest absolute Gasteiger partial charge is 0.263 e. The summed E-state index contributed by atoms with van der Waals surface area (Å²) in [6.07, 6.45) is 0. The van der Waals surface area contributed by atoms with Crippen molar-refractivity contribution in [2.45, 2.75) is 27.7 Å². The molecule has 114 valence electrons. The van der Waals surface area contributed by atoms with Crippen LogP contribution in [-0.4, -0.2) is 29.1 Å². The number of aliphatic hydroxyl groups is 1. The molecule has 2 aromatic rings. The number of thiophene rings is 1. The Hall–Kier alpha value is -1.66. The largest absolute Gasteiger partial charge is 0.397 e. The van der Waals surface area contributed by atoms with Crippen LogP contribution in [0.5, 0.6) is 0 Å². The average molecular weight is 307 g/mol. The minimum absolute atomic E-state index is 0.00896. The molecule has 6 heteroatoms. The number of anilines is 1. The summed E-state index contributed by atoms with van der Waals surface area (Å²) in [5.74, 6) is -0.214. The second-order valence-corrected chi connectivity index (χ2v) is 7.11. The third-order valence-corrected chi connectivity index (χ3v) is 4.48. The van der Waals surface area contributed by atoms with Crippen LogP contribution in [0.2, 0.25) is 0 Å². The van der Waals surface area contributed by atoms with E-state index in [-0.39, 0.29) is 17.9 Å². The number of aryl methyl sites for hydroxylation is 2. The third-order valence-electron chi connectivity index (χ3n) is 3.39. The Morgan fingerprint density at radius 3 is 2.76 bits per heavy atom. The van der Waals surface area contributed by atoms with Gasteiger partial charge in [0.15, 0.2) is 0 Å². The molecule has 0 unspecified atom stereocenters. The van der Waals surface area contributed by atoms with E-state index in [0.29, 0.717) is 17.1 Å². The number of nitrogen functional groups attached to an aromatic ring is 1. The maximum absolute atomic E-state index is 12.3. The highest BCUT2D eigenvalue weighted by Gasteiger charge is 2.22. The van der Waals surface area contributed by atoms with Crippen LogP contribution in [0.3, 0.4) is 0 Å². The van der Waals surface area contributed by atoms with Gasteiger partial charge in [-0.05, 0) is 25.5 Å². The number of aliphatic hydroxyl groups excluding tert-OH is 1. The lowest BCUT2D eigenvalue weighted by molar-refractivity contribution is 0.0916. The molecule has 1 amide bonds. The van der Waals surface area contributed by atoms with Crippen molar-refractivity contribution >= 4 is 33.1 Å². The van der Waals surface area contributed by atoms with Gasteiger partial charge in [-0.1, -0.05) is 13.8 Å². The van der Waals surface area contributed by atoms with Crippen LogP contribution in [0, 0.1) is 19.3 Å². The molecule has 2 aromatic heterocycles. The number of carbonyl (C=O) groups is 1. The molecule has 0 bridgehead atoms. The van der Waals surface area contributed by atoms with Crippen molar-refractivity contribution in [1.82, 2.24) is 10.3 Å². The van der Waals surface area contributed by atoms with E-state index in [4.69, 9.17) is 5.73 Å². The Bertz CT molecular complexity index is 692. The molecule has 0 saturated carbocycles. The lowest BCUT2D eigenvalue weighted by Gasteiger charge is -2.21. The predicted octanol–water partition coefficient (Wildman–Crippen LogP) is 2.24. The summed E-state index contributed by atoms with van der Waals surface area (Å²) in [5.41, 5.74) is 8.19. The molecule has 0 atom stereocenters. The SMILES string of the molecule is Cc1cc(C)c2c(N)c(C(=O)NCC(C)(C)CO)sc2n1. The first-order valence-corrected chi connectivity index (χ1v) is 7.62. The molecule has 21 heavy (non-hydrogen) atoms. The van der Waals surface area contributed by atoms with Crippen molar-refractivity contribution in [3.8, 4) is 0 Å². The highest BCUT2D eigenvalue weighted by Crippen LogP contribution is 2.34. The van der Waals surface area contributed by atoms with Gasteiger partial charge >= 0.3 is 0 Å². The quantitative estimate of drug-likeness (QED) is 0.808. The summed E-state index contributed by atoms with van der Waals surface area (Å²) in [6, 6.07) is 1.96. The van der Waals surface area contributed by atoms with Gasteiger partial charge in [-0.3, -0.25) is 4.79 Å². The number of rotatable bonds is 4. The van der Waals surface area contributed by atoms with Crippen molar-refractivity contribution in [2.75, 3.05) is 18.9 Å². The van der Waals surface area contributed by atoms with E-state index in [1.54, 1.807) is 0 Å². The van der Waals surface area contributed by atoms with Crippen LogP contribution in [0.4, 0.5) is 5.69 Å². The Kier molecular flexibility index (Phi) is 4.20. The number of aromatic nitrogens is 1. The summed E-state index contributed by atoms with van der Waals surface area (Å²) >= 11 is 1.31. The summed E-state index contributed by atoms with van der Waals surface area (Å²) < 4.78 is 0. The van der Waals surface area contributed by atoms with Crippen molar-refractivity contribution in [3.05, 3.63) is 22.2 Å². The predicted molar refractivity (Wildman–Crippen MR) is 86.7 cm³/mol. The summed E-state index contributed by atoms with van der Waals surface area (Å²) in [4.78, 5) is 18.0. The third kappa shape index (κ3) is 3.16. The maximum Gasteiger partial charge on any atom is 0.263 e. The average Bonchev–Trinajstić information content (AvgIpc) is 2.73. The molecule has 5 nitrogen and oxygen atoms in total. The van der Waals surface area contributed by atoms with Gasteiger partial charge in [0.1, 0.15) is 9.71 Å². The molecule has 0 aromatic carbocycles. The Morgan fingerprint density at radius 1 is 1.48 bits per heavy atom. The molecule has 0 saturated heterocycles. The topological polar surface area (TPSA) is 88.2 Å². The highest BCUT2D eigenvalue weighted by atomic mass is 32.1. The zero-order valence-electron chi connectivity index (χ0n) is 12.8. The molecule has 4 N–H and O–H groups in total. The number of nitrogens with one attached hydrogen (secondary N) is 1. The van der Waals surface area contributed by atoms with Gasteiger partial charge in [-0.15, -0.1) is 11.3 Å². The Balaban J connectivity index is 2.32. The molecule has 2 rings (SSSR count). The molecule has 0 aliphatic heterocycles. The number of carbonyl (C=O) groups excluding carboxylic acids is 1. The molecule has 2 heterocycles. The monoisotopic (exact) mass is 307 g/mol. The van der Waals surface area contributed by atoms with Crippen LogP contribution in [-0.2, 0) is 0 Å². The second-order valence-electron chi connectivity index (χ2n) is 6.11. The zero-order chi connectivity index (χ0) is 15.8. The number of hydrogen-bond donors (Lipinski definition) is 3. The van der Waals surface area contributed by atoms with Crippen LogP contribution in [0.1, 0.15) is 34.8 Å². The van der Waals surface area contributed by atoms with Crippen molar-refractivity contribution in [2.24, 2.45) is 5.41 Å². The molecule has 0 aliphatic carbocycles. The molecule has 0 spiro atoms. The number of amides is 1. The van der Waals surface area contributed by atoms with Crippen molar-refractivity contribution in [3.63, 3.8) is 0 Å². The van der Waals surface area contributed by atoms with E-state index < -0.39 is 0 Å². The number of nitrogens with two attached hydrogens (primary N) is 1. The van der Waals surface area contributed by atoms with Gasteiger partial charge in [0.05, 0.1) is 5.69 Å². The molecule has 0 radical (unpaired) electrons. The van der Waals surface area contributed by atoms with Crippen LogP contribution >= 0.6 is 11.3 Å². The number of nitrogens with zero attached hydrogens (tertiary/aromatic N) is 1. The maximum atomic E-state index is 12.3. The van der Waals surface area contributed by atoms with Gasteiger partial charge < -0.3 is 16.2 Å². The molecule has 0 fully saturated rings. The Labute approximate surface area is 128 Å². The minimum atomic E-state index is -0.355. The second kappa shape index (κ2) is 5.61. The first-order chi connectivity index (χ1) is 9.75. The van der Waals surface area contributed by atoms with E-state index >= 15 is 0 Å². The van der Waals surface area contributed by atoms with Crippen LogP contribution in [0.15, 0.2) is 6.07 Å². The minimum Gasteiger partial charge on any atom is -0.397 e. The highest BCUT2D eigenvalue weighted by molar-refractivity contribution is 7.21. The van der Waals surface area contributed by atoms with Crippen LogP contribution < -0.4 is 11.1 Å². The lowest BCUT2D eigenvalue weighted by Crippen LogP contribution is -2.35. The van der Waals surface area contributed by atoms with E-state index in [9.17, 15) is 9.90 Å². The van der Waals surface area contributed by atoms with E-state index in [1.807, 2.05) is 33.8 Å². The van der Waals surface area contributed by atoms with E-state index in [2.05, 4.69) is 10.3 Å². The fraction of sp³-hybridized carbons (Fsp3) is 0.467. The number of pyridine rings is 1. The zero-order valence-corrected chi connectivity index (χ0v) is 13.6. The normalized spacial score (nSPS) is 11.9. The molecule has 0 aliphatic rings. The molecular weight excluding hydrogens is 286 g/mol. The van der Waals surface area contributed by atoms with E-state index in [1.165, 1.54) is 11.3 Å². The van der Waals surface area contributed by atoms with Crippen molar-refractivity contribution in [1.29, 1.82) is 0 Å². The number of hydrogen-bond acceptors (Lipinski definition) is 5. The lowest BCUT2D eigenvalue weighted by atomic mass is 9.95. The fourth-order valence-electron chi connectivity index (χ4n) is 2.09. The van der Waals surface area contributed by atoms with Gasteiger partial charge in [0.2, 0.25) is 0 Å². The van der Waals surface area contributed by atoms with E-state index in [0.717, 1.165) is 21.5 Å². The van der Waals surface area contributed by atoms with Gasteiger partial charge in [-0.2, -0.15) is 0 Å².